The fraction of sp³-hybridized carbons (Fsp3) is 0.516. The Hall–Kier alpha value is -3.67. The number of ether oxygens (including phenoxy) is 2. The Balaban J connectivity index is 1.13. The highest BCUT2D eigenvalue weighted by Crippen LogP contribution is 2.30. The zero-order valence-corrected chi connectivity index (χ0v) is 24.7. The summed E-state index contributed by atoms with van der Waals surface area (Å²) >= 11 is 0. The van der Waals surface area contributed by atoms with E-state index in [-0.39, 0.29) is 12.5 Å². The van der Waals surface area contributed by atoms with Crippen molar-refractivity contribution in [2.75, 3.05) is 45.2 Å². The molecule has 1 aromatic carbocycles. The van der Waals surface area contributed by atoms with Crippen molar-refractivity contribution in [1.29, 1.82) is 0 Å². The van der Waals surface area contributed by atoms with Crippen molar-refractivity contribution in [1.82, 2.24) is 25.5 Å². The number of nitrogens with zero attached hydrogens (tertiary/aromatic N) is 3. The Morgan fingerprint density at radius 1 is 1.24 bits per heavy atom. The number of fused-ring (bicyclic) bond motifs is 1. The maximum Gasteiger partial charge on any atom is 0.251 e. The Morgan fingerprint density at radius 2 is 2.10 bits per heavy atom. The minimum absolute atomic E-state index is 0.151. The van der Waals surface area contributed by atoms with Crippen LogP contribution >= 0.6 is 0 Å². The van der Waals surface area contributed by atoms with Gasteiger partial charge in [-0.1, -0.05) is 6.07 Å². The Morgan fingerprint density at radius 3 is 2.83 bits per heavy atom. The fourth-order valence-corrected chi connectivity index (χ4v) is 5.28. The predicted molar refractivity (Wildman–Crippen MR) is 159 cm³/mol. The van der Waals surface area contributed by atoms with Gasteiger partial charge in [0.15, 0.2) is 12.2 Å². The zero-order valence-electron chi connectivity index (χ0n) is 24.7. The van der Waals surface area contributed by atoms with Gasteiger partial charge in [0.25, 0.3) is 5.91 Å². The summed E-state index contributed by atoms with van der Waals surface area (Å²) in [5, 5.41) is 20.1. The third-order valence-corrected chi connectivity index (χ3v) is 8.01. The highest BCUT2D eigenvalue weighted by atomic mass is 16.5. The lowest BCUT2D eigenvalue weighted by atomic mass is 9.93. The van der Waals surface area contributed by atoms with Crippen LogP contribution in [0.5, 0.6) is 11.6 Å². The van der Waals surface area contributed by atoms with Crippen LogP contribution in [-0.2, 0) is 19.6 Å². The summed E-state index contributed by atoms with van der Waals surface area (Å²) in [6, 6.07) is 7.88. The highest BCUT2D eigenvalue weighted by molar-refractivity contribution is 5.95. The van der Waals surface area contributed by atoms with Gasteiger partial charge >= 0.3 is 0 Å². The topological polar surface area (TPSA) is 134 Å². The van der Waals surface area contributed by atoms with Crippen molar-refractivity contribution in [3.63, 3.8) is 0 Å². The number of aromatic nitrogens is 2. The van der Waals surface area contributed by atoms with Gasteiger partial charge in [0.05, 0.1) is 11.8 Å². The normalized spacial score (nSPS) is 15.9. The molecular formula is C31H42N6O5. The molecule has 0 bridgehead atoms. The number of hydrogen-bond donors (Lipinski definition) is 4. The first-order valence-electron chi connectivity index (χ1n) is 14.8. The summed E-state index contributed by atoms with van der Waals surface area (Å²) in [6.07, 6.45) is 4.99. The van der Waals surface area contributed by atoms with E-state index in [4.69, 9.17) is 13.9 Å². The number of aliphatic hydroxyl groups is 1. The van der Waals surface area contributed by atoms with Gasteiger partial charge in [0.2, 0.25) is 5.88 Å². The van der Waals surface area contributed by atoms with Crippen LogP contribution in [-0.4, -0.2) is 77.9 Å². The molecule has 3 aromatic rings. The largest absolute Gasteiger partial charge is 0.485 e. The average molecular weight is 579 g/mol. The second kappa shape index (κ2) is 14.0. The van der Waals surface area contributed by atoms with Gasteiger partial charge in [-0.2, -0.15) is 4.98 Å². The molecule has 0 spiro atoms. The molecule has 1 saturated carbocycles. The molecule has 3 heterocycles. The third-order valence-electron chi connectivity index (χ3n) is 8.01. The standard InChI is InChI=1S/C31H42N6O5/c1-20-26-9-11-37(16-22(26)7-8-27(20)41-18-28-21(2)34-19-42-28)17-25(38)15-33-31(39)23-13-29(35-24-5-4-6-24)36-30(14-23)40-12-10-32-3/h7-8,13-14,19,24-25,32,38H,4-6,9-12,15-18H2,1-3H3,(H,33,39)(H,35,36)/t25-/m0/s1. The first-order chi connectivity index (χ1) is 20.4. The number of aliphatic hydroxyl groups excluding tert-OH is 1. The number of rotatable bonds is 14. The maximum atomic E-state index is 13.0. The minimum atomic E-state index is -0.704. The molecule has 1 aliphatic heterocycles. The molecule has 2 aliphatic rings. The Bertz CT molecular complexity index is 1360. The fourth-order valence-electron chi connectivity index (χ4n) is 5.28. The van der Waals surface area contributed by atoms with Crippen LogP contribution in [0.3, 0.4) is 0 Å². The summed E-state index contributed by atoms with van der Waals surface area (Å²) < 4.78 is 17.2. The van der Waals surface area contributed by atoms with Crippen molar-refractivity contribution in [2.24, 2.45) is 0 Å². The molecule has 2 aromatic heterocycles. The molecule has 11 nitrogen and oxygen atoms in total. The highest BCUT2D eigenvalue weighted by Gasteiger charge is 2.23. The number of aryl methyl sites for hydroxylation is 1. The van der Waals surface area contributed by atoms with E-state index < -0.39 is 6.10 Å². The van der Waals surface area contributed by atoms with Crippen molar-refractivity contribution in [3.05, 3.63) is 64.4 Å². The van der Waals surface area contributed by atoms with E-state index in [1.54, 1.807) is 12.1 Å². The molecule has 0 radical (unpaired) electrons. The number of carbonyl (C=O) groups is 1. The molecule has 4 N–H and O–H groups in total. The molecule has 0 unspecified atom stereocenters. The number of oxazole rings is 1. The molecule has 1 atom stereocenters. The van der Waals surface area contributed by atoms with Crippen LogP contribution < -0.4 is 25.4 Å². The molecule has 1 fully saturated rings. The Labute approximate surface area is 247 Å². The smallest absolute Gasteiger partial charge is 0.251 e. The first-order valence-corrected chi connectivity index (χ1v) is 14.8. The summed E-state index contributed by atoms with van der Waals surface area (Å²) in [7, 11) is 1.86. The number of anilines is 1. The predicted octanol–water partition coefficient (Wildman–Crippen LogP) is 2.98. The van der Waals surface area contributed by atoms with E-state index in [2.05, 4.69) is 43.8 Å². The van der Waals surface area contributed by atoms with E-state index in [0.29, 0.717) is 49.6 Å². The van der Waals surface area contributed by atoms with Crippen LogP contribution in [0.1, 0.15) is 57.8 Å². The molecular weight excluding hydrogens is 536 g/mol. The molecule has 5 rings (SSSR count). The van der Waals surface area contributed by atoms with E-state index in [1.807, 2.05) is 20.0 Å². The lowest BCUT2D eigenvalue weighted by molar-refractivity contribution is 0.0841. The van der Waals surface area contributed by atoms with Crippen molar-refractivity contribution < 1.29 is 23.8 Å². The monoisotopic (exact) mass is 578 g/mol. The second-order valence-corrected chi connectivity index (χ2v) is 11.1. The van der Waals surface area contributed by atoms with Crippen LogP contribution in [0, 0.1) is 13.8 Å². The average Bonchev–Trinajstić information content (AvgIpc) is 3.37. The number of pyridine rings is 1. The van der Waals surface area contributed by atoms with Gasteiger partial charge in [-0.15, -0.1) is 0 Å². The number of amides is 1. The van der Waals surface area contributed by atoms with Crippen LogP contribution in [0.15, 0.2) is 35.1 Å². The van der Waals surface area contributed by atoms with Gasteiger partial charge in [-0.05, 0) is 75.4 Å². The third kappa shape index (κ3) is 7.58. The van der Waals surface area contributed by atoms with Gasteiger partial charge in [0, 0.05) is 50.4 Å². The van der Waals surface area contributed by atoms with Crippen molar-refractivity contribution in [3.8, 4) is 11.6 Å². The minimum Gasteiger partial charge on any atom is -0.485 e. The van der Waals surface area contributed by atoms with Crippen LogP contribution in [0.2, 0.25) is 0 Å². The quantitative estimate of drug-likeness (QED) is 0.212. The van der Waals surface area contributed by atoms with E-state index >= 15 is 0 Å². The van der Waals surface area contributed by atoms with Gasteiger partial charge in [0.1, 0.15) is 24.8 Å². The lowest BCUT2D eigenvalue weighted by Gasteiger charge is -2.31. The lowest BCUT2D eigenvalue weighted by Crippen LogP contribution is -2.42. The molecule has 1 amide bonds. The molecule has 1 aliphatic carbocycles. The number of β-amino-alcohol motifs (C(OH)–C–C–N with tert-alkyl or cyclic N) is 1. The van der Waals surface area contributed by atoms with E-state index in [1.165, 1.54) is 23.9 Å². The number of nitrogens with one attached hydrogen (secondary N) is 3. The maximum absolute atomic E-state index is 13.0. The second-order valence-electron chi connectivity index (χ2n) is 11.1. The number of benzene rings is 1. The summed E-state index contributed by atoms with van der Waals surface area (Å²) in [5.74, 6) is 2.35. The van der Waals surface area contributed by atoms with Crippen LogP contribution in [0.25, 0.3) is 0 Å². The number of carbonyl (C=O) groups excluding carboxylic acids is 1. The number of hydrogen-bond acceptors (Lipinski definition) is 10. The number of likely N-dealkylation sites (N-methyl/N-ethyl adjacent to an activating group) is 1. The summed E-state index contributed by atoms with van der Waals surface area (Å²) in [4.78, 5) is 23.9. The summed E-state index contributed by atoms with van der Waals surface area (Å²) in [6.45, 7) is 7.62. The van der Waals surface area contributed by atoms with Gasteiger partial charge in [-0.3, -0.25) is 9.69 Å². The van der Waals surface area contributed by atoms with Crippen LogP contribution in [0.4, 0.5) is 5.82 Å². The molecule has 0 saturated heterocycles. The van der Waals surface area contributed by atoms with E-state index in [9.17, 15) is 9.90 Å². The molecule has 11 heteroatoms. The van der Waals surface area contributed by atoms with E-state index in [0.717, 1.165) is 55.1 Å². The Kier molecular flexibility index (Phi) is 9.93. The zero-order chi connectivity index (χ0) is 29.5. The molecule has 226 valence electrons. The SMILES string of the molecule is CNCCOc1cc(C(=O)NC[C@H](O)CN2CCc3c(ccc(OCc4ocnc4C)c3C)C2)cc(NC2CCC2)n1. The first kappa shape index (κ1) is 29.8. The van der Waals surface area contributed by atoms with Crippen molar-refractivity contribution >= 4 is 11.7 Å². The summed E-state index contributed by atoms with van der Waals surface area (Å²) in [5.41, 5.74) is 4.94. The van der Waals surface area contributed by atoms with Gasteiger partial charge in [-0.25, -0.2) is 4.98 Å². The molecule has 42 heavy (non-hydrogen) atoms. The van der Waals surface area contributed by atoms with Gasteiger partial charge < -0.3 is 34.9 Å². The van der Waals surface area contributed by atoms with Crippen molar-refractivity contribution in [2.45, 2.75) is 64.8 Å².